The minimum atomic E-state index is 0.0499. The molecule has 0 aliphatic rings. The van der Waals surface area contributed by atoms with E-state index in [1.807, 2.05) is 50.5 Å². The van der Waals surface area contributed by atoms with Gasteiger partial charge in [0.15, 0.2) is 0 Å². The summed E-state index contributed by atoms with van der Waals surface area (Å²) < 4.78 is 1.69. The van der Waals surface area contributed by atoms with Crippen molar-refractivity contribution >= 4 is 29.0 Å². The Morgan fingerprint density at radius 3 is 2.92 bits per heavy atom. The Hall–Kier alpha value is -2.19. The summed E-state index contributed by atoms with van der Waals surface area (Å²) >= 11 is 3.00. The van der Waals surface area contributed by atoms with Crippen LogP contribution >= 0.6 is 23.1 Å². The topological polar surface area (TPSA) is 63.9 Å². The largest absolute Gasteiger partial charge is 0.340 e. The van der Waals surface area contributed by atoms with Crippen molar-refractivity contribution in [1.82, 2.24) is 25.1 Å². The predicted molar refractivity (Wildman–Crippen MR) is 100 cm³/mol. The molecule has 0 bridgehead atoms. The molecular weight excluding hydrogens is 354 g/mol. The molecule has 25 heavy (non-hydrogen) atoms. The highest BCUT2D eigenvalue weighted by atomic mass is 32.2. The Morgan fingerprint density at radius 1 is 1.32 bits per heavy atom. The van der Waals surface area contributed by atoms with Crippen molar-refractivity contribution in [2.45, 2.75) is 25.5 Å². The molecule has 130 valence electrons. The van der Waals surface area contributed by atoms with Gasteiger partial charge in [-0.1, -0.05) is 30.0 Å². The summed E-state index contributed by atoms with van der Waals surface area (Å²) in [6.45, 7) is 4.67. The zero-order chi connectivity index (χ0) is 17.8. The molecule has 0 saturated heterocycles. The molecule has 0 fully saturated rings. The fourth-order valence-electron chi connectivity index (χ4n) is 2.33. The minimum absolute atomic E-state index is 0.0499. The van der Waals surface area contributed by atoms with Crippen molar-refractivity contribution in [3.05, 3.63) is 51.7 Å². The van der Waals surface area contributed by atoms with E-state index in [-0.39, 0.29) is 5.91 Å². The third-order valence-corrected chi connectivity index (χ3v) is 5.52. The van der Waals surface area contributed by atoms with E-state index < -0.39 is 0 Å². The summed E-state index contributed by atoms with van der Waals surface area (Å²) in [6.07, 6.45) is 0. The normalized spacial score (nSPS) is 10.8. The van der Waals surface area contributed by atoms with E-state index in [2.05, 4.69) is 21.6 Å². The molecule has 2 aromatic heterocycles. The highest BCUT2D eigenvalue weighted by molar-refractivity contribution is 7.99. The van der Waals surface area contributed by atoms with E-state index in [1.54, 1.807) is 20.9 Å². The van der Waals surface area contributed by atoms with Crippen LogP contribution in [0.1, 0.15) is 16.0 Å². The molecular formula is C17H19N5OS2. The Kier molecular flexibility index (Phi) is 5.50. The van der Waals surface area contributed by atoms with Crippen molar-refractivity contribution in [1.29, 1.82) is 0 Å². The van der Waals surface area contributed by atoms with Crippen molar-refractivity contribution in [3.8, 4) is 5.69 Å². The Bertz CT molecular complexity index is 860. The quantitative estimate of drug-likeness (QED) is 0.621. The van der Waals surface area contributed by atoms with Gasteiger partial charge in [0.1, 0.15) is 0 Å². The highest BCUT2D eigenvalue weighted by Gasteiger charge is 2.15. The van der Waals surface area contributed by atoms with Crippen LogP contribution < -0.4 is 0 Å². The molecule has 0 aliphatic carbocycles. The molecule has 3 aromatic rings. The van der Waals surface area contributed by atoms with Gasteiger partial charge in [-0.05, 0) is 52.9 Å². The predicted octanol–water partition coefficient (Wildman–Crippen LogP) is 3.09. The standard InChI is InChI=1S/C17H19N5OS2/c1-12-6-7-13(2)15(9-12)22-17(18-19-20-22)25-11-16(23)21(3)10-14-5-4-8-24-14/h4-9H,10-11H2,1-3H3. The maximum Gasteiger partial charge on any atom is 0.233 e. The molecule has 0 aliphatic heterocycles. The summed E-state index contributed by atoms with van der Waals surface area (Å²) in [5.74, 6) is 0.349. The van der Waals surface area contributed by atoms with Crippen molar-refractivity contribution in [2.24, 2.45) is 0 Å². The number of nitrogens with zero attached hydrogens (tertiary/aromatic N) is 5. The number of amides is 1. The van der Waals surface area contributed by atoms with Crippen LogP contribution in [0.25, 0.3) is 5.69 Å². The molecule has 1 amide bonds. The SMILES string of the molecule is Cc1ccc(C)c(-n2nnnc2SCC(=O)N(C)Cc2cccs2)c1. The van der Waals surface area contributed by atoms with Crippen molar-refractivity contribution < 1.29 is 4.79 Å². The zero-order valence-electron chi connectivity index (χ0n) is 14.3. The number of benzene rings is 1. The Morgan fingerprint density at radius 2 is 2.16 bits per heavy atom. The molecule has 1 aromatic carbocycles. The summed E-state index contributed by atoms with van der Waals surface area (Å²) in [4.78, 5) is 15.3. The second kappa shape index (κ2) is 7.79. The smallest absolute Gasteiger partial charge is 0.233 e. The molecule has 6 nitrogen and oxygen atoms in total. The first-order valence-electron chi connectivity index (χ1n) is 7.80. The molecule has 0 saturated carbocycles. The van der Waals surface area contributed by atoms with Gasteiger partial charge in [0.05, 0.1) is 18.0 Å². The Balaban J connectivity index is 1.67. The average molecular weight is 374 g/mol. The maximum atomic E-state index is 12.4. The number of hydrogen-bond donors (Lipinski definition) is 0. The van der Waals surface area contributed by atoms with Gasteiger partial charge >= 0.3 is 0 Å². The summed E-state index contributed by atoms with van der Waals surface area (Å²) in [5, 5.41) is 14.6. The van der Waals surface area contributed by atoms with Gasteiger partial charge in [-0.3, -0.25) is 4.79 Å². The second-order valence-corrected chi connectivity index (χ2v) is 7.76. The lowest BCUT2D eigenvalue weighted by atomic mass is 10.1. The molecule has 0 atom stereocenters. The fourth-order valence-corrected chi connectivity index (χ4v) is 3.91. The van der Waals surface area contributed by atoms with Crippen LogP contribution in [0.2, 0.25) is 0 Å². The summed E-state index contributed by atoms with van der Waals surface area (Å²) in [5.41, 5.74) is 3.16. The van der Waals surface area contributed by atoms with Gasteiger partial charge < -0.3 is 4.90 Å². The van der Waals surface area contributed by atoms with Crippen LogP contribution in [0.5, 0.6) is 0 Å². The third-order valence-electron chi connectivity index (χ3n) is 3.76. The average Bonchev–Trinajstić information content (AvgIpc) is 3.26. The van der Waals surface area contributed by atoms with Crippen LogP contribution in [-0.4, -0.2) is 43.8 Å². The van der Waals surface area contributed by atoms with E-state index in [4.69, 9.17) is 0 Å². The number of aryl methyl sites for hydroxylation is 2. The van der Waals surface area contributed by atoms with Crippen LogP contribution in [0, 0.1) is 13.8 Å². The minimum Gasteiger partial charge on any atom is -0.340 e. The Labute approximate surface area is 154 Å². The highest BCUT2D eigenvalue weighted by Crippen LogP contribution is 2.22. The number of carbonyl (C=O) groups is 1. The molecule has 0 radical (unpaired) electrons. The first-order valence-corrected chi connectivity index (χ1v) is 9.66. The van der Waals surface area contributed by atoms with E-state index in [0.717, 1.165) is 16.8 Å². The van der Waals surface area contributed by atoms with Gasteiger partial charge in [0.25, 0.3) is 0 Å². The molecule has 0 N–H and O–H groups in total. The van der Waals surface area contributed by atoms with E-state index in [1.165, 1.54) is 16.6 Å². The third kappa shape index (κ3) is 4.26. The first-order chi connectivity index (χ1) is 12.0. The summed E-state index contributed by atoms with van der Waals surface area (Å²) in [6, 6.07) is 10.2. The molecule has 0 spiro atoms. The molecule has 2 heterocycles. The van der Waals surface area contributed by atoms with Crippen LogP contribution in [-0.2, 0) is 11.3 Å². The lowest BCUT2D eigenvalue weighted by molar-refractivity contribution is -0.127. The summed E-state index contributed by atoms with van der Waals surface area (Å²) in [7, 11) is 1.82. The van der Waals surface area contributed by atoms with Gasteiger partial charge in [-0.25, -0.2) is 0 Å². The van der Waals surface area contributed by atoms with Gasteiger partial charge in [0.2, 0.25) is 11.1 Å². The lowest BCUT2D eigenvalue weighted by Crippen LogP contribution is -2.27. The monoisotopic (exact) mass is 373 g/mol. The maximum absolute atomic E-state index is 12.4. The van der Waals surface area contributed by atoms with Crippen LogP contribution in [0.4, 0.5) is 0 Å². The number of thiophene rings is 1. The molecule has 3 rings (SSSR count). The number of carbonyl (C=O) groups excluding carboxylic acids is 1. The first kappa shape index (κ1) is 17.6. The fraction of sp³-hybridized carbons (Fsp3) is 0.294. The van der Waals surface area contributed by atoms with Crippen molar-refractivity contribution in [3.63, 3.8) is 0 Å². The molecule has 0 unspecified atom stereocenters. The van der Waals surface area contributed by atoms with Gasteiger partial charge in [-0.2, -0.15) is 4.68 Å². The van der Waals surface area contributed by atoms with E-state index >= 15 is 0 Å². The molecule has 8 heteroatoms. The lowest BCUT2D eigenvalue weighted by Gasteiger charge is -2.15. The van der Waals surface area contributed by atoms with Gasteiger partial charge in [-0.15, -0.1) is 16.4 Å². The second-order valence-electron chi connectivity index (χ2n) is 5.78. The van der Waals surface area contributed by atoms with E-state index in [9.17, 15) is 4.79 Å². The van der Waals surface area contributed by atoms with Gasteiger partial charge in [0, 0.05) is 11.9 Å². The number of thioether (sulfide) groups is 1. The van der Waals surface area contributed by atoms with Crippen LogP contribution in [0.3, 0.4) is 0 Å². The zero-order valence-corrected chi connectivity index (χ0v) is 16.0. The van der Waals surface area contributed by atoms with E-state index in [0.29, 0.717) is 17.5 Å². The number of aromatic nitrogens is 4. The number of hydrogen-bond acceptors (Lipinski definition) is 6. The number of rotatable bonds is 6. The van der Waals surface area contributed by atoms with Crippen LogP contribution in [0.15, 0.2) is 40.9 Å². The number of tetrazole rings is 1. The van der Waals surface area contributed by atoms with Crippen molar-refractivity contribution in [2.75, 3.05) is 12.8 Å².